The average Bonchev–Trinajstić information content (AvgIpc) is 2.27. The van der Waals surface area contributed by atoms with Crippen molar-refractivity contribution in [2.75, 3.05) is 26.7 Å². The first kappa shape index (κ1) is 13.0. The molecule has 0 aliphatic carbocycles. The van der Waals surface area contributed by atoms with Crippen molar-refractivity contribution in [3.63, 3.8) is 0 Å². The molecule has 0 amide bonds. The van der Waals surface area contributed by atoms with Crippen LogP contribution in [0, 0.1) is 5.92 Å². The standard InChI is InChI=1S/C13H28N2/c1-5-13(2,3)15(4)10-8-12-7-6-9-14-11-12/h12,14H,5-11H2,1-4H3. The summed E-state index contributed by atoms with van der Waals surface area (Å²) >= 11 is 0. The van der Waals surface area contributed by atoms with E-state index in [4.69, 9.17) is 0 Å². The lowest BCUT2D eigenvalue weighted by Crippen LogP contribution is -2.42. The van der Waals surface area contributed by atoms with Gasteiger partial charge in [-0.25, -0.2) is 0 Å². The summed E-state index contributed by atoms with van der Waals surface area (Å²) in [5, 5.41) is 3.49. The molecule has 2 heteroatoms. The Morgan fingerprint density at radius 2 is 2.13 bits per heavy atom. The fraction of sp³-hybridized carbons (Fsp3) is 1.00. The zero-order valence-electron chi connectivity index (χ0n) is 11.0. The molecule has 1 unspecified atom stereocenters. The van der Waals surface area contributed by atoms with E-state index in [1.165, 1.54) is 45.3 Å². The fourth-order valence-electron chi connectivity index (χ4n) is 2.12. The van der Waals surface area contributed by atoms with E-state index in [1.54, 1.807) is 0 Å². The van der Waals surface area contributed by atoms with Crippen LogP contribution in [0.3, 0.4) is 0 Å². The number of hydrogen-bond acceptors (Lipinski definition) is 2. The zero-order valence-corrected chi connectivity index (χ0v) is 11.0. The van der Waals surface area contributed by atoms with Crippen molar-refractivity contribution in [1.82, 2.24) is 10.2 Å². The number of nitrogens with zero attached hydrogens (tertiary/aromatic N) is 1. The highest BCUT2D eigenvalue weighted by Crippen LogP contribution is 2.20. The topological polar surface area (TPSA) is 15.3 Å². The van der Waals surface area contributed by atoms with Gasteiger partial charge in [-0.05, 0) is 72.1 Å². The molecule has 2 nitrogen and oxygen atoms in total. The summed E-state index contributed by atoms with van der Waals surface area (Å²) in [6, 6.07) is 0. The highest BCUT2D eigenvalue weighted by Gasteiger charge is 2.22. The van der Waals surface area contributed by atoms with Gasteiger partial charge in [-0.3, -0.25) is 0 Å². The third kappa shape index (κ3) is 4.12. The largest absolute Gasteiger partial charge is 0.316 e. The van der Waals surface area contributed by atoms with Gasteiger partial charge in [-0.15, -0.1) is 0 Å². The van der Waals surface area contributed by atoms with E-state index >= 15 is 0 Å². The van der Waals surface area contributed by atoms with E-state index < -0.39 is 0 Å². The summed E-state index contributed by atoms with van der Waals surface area (Å²) in [4.78, 5) is 2.52. The van der Waals surface area contributed by atoms with Crippen LogP contribution in [0.5, 0.6) is 0 Å². The van der Waals surface area contributed by atoms with Crippen LogP contribution in [0.4, 0.5) is 0 Å². The number of hydrogen-bond donors (Lipinski definition) is 1. The van der Waals surface area contributed by atoms with E-state index in [0.717, 1.165) is 5.92 Å². The van der Waals surface area contributed by atoms with Crippen LogP contribution >= 0.6 is 0 Å². The first-order valence-corrected chi connectivity index (χ1v) is 6.48. The van der Waals surface area contributed by atoms with Gasteiger partial charge >= 0.3 is 0 Å². The molecule has 0 aromatic carbocycles. The highest BCUT2D eigenvalue weighted by molar-refractivity contribution is 4.78. The SMILES string of the molecule is CCC(C)(C)N(C)CCC1CCCNC1. The number of rotatable bonds is 5. The summed E-state index contributed by atoms with van der Waals surface area (Å²) < 4.78 is 0. The summed E-state index contributed by atoms with van der Waals surface area (Å²) in [7, 11) is 2.26. The normalized spacial score (nSPS) is 23.4. The summed E-state index contributed by atoms with van der Waals surface area (Å²) in [6.07, 6.45) is 5.37. The van der Waals surface area contributed by atoms with Crippen LogP contribution in [0.25, 0.3) is 0 Å². The molecule has 1 aliphatic heterocycles. The van der Waals surface area contributed by atoms with Gasteiger partial charge < -0.3 is 10.2 Å². The van der Waals surface area contributed by atoms with E-state index in [9.17, 15) is 0 Å². The summed E-state index contributed by atoms with van der Waals surface area (Å²) in [6.45, 7) is 10.7. The Hall–Kier alpha value is -0.0800. The molecule has 1 rings (SSSR count). The Balaban J connectivity index is 2.23. The van der Waals surface area contributed by atoms with E-state index in [1.807, 2.05) is 0 Å². The monoisotopic (exact) mass is 212 g/mol. The van der Waals surface area contributed by atoms with Gasteiger partial charge in [0.25, 0.3) is 0 Å². The van der Waals surface area contributed by atoms with Gasteiger partial charge in [0, 0.05) is 5.54 Å². The van der Waals surface area contributed by atoms with Crippen molar-refractivity contribution >= 4 is 0 Å². The second kappa shape index (κ2) is 5.86. The maximum Gasteiger partial charge on any atom is 0.0147 e. The highest BCUT2D eigenvalue weighted by atomic mass is 15.2. The Kier molecular flexibility index (Phi) is 5.07. The van der Waals surface area contributed by atoms with Crippen molar-refractivity contribution in [2.45, 2.75) is 52.0 Å². The summed E-state index contributed by atoms with van der Waals surface area (Å²) in [5.74, 6) is 0.911. The predicted molar refractivity (Wildman–Crippen MR) is 67.2 cm³/mol. The first-order chi connectivity index (χ1) is 7.06. The Morgan fingerprint density at radius 3 is 2.67 bits per heavy atom. The Labute approximate surface area is 95.4 Å². The molecule has 0 spiro atoms. The molecule has 1 heterocycles. The van der Waals surface area contributed by atoms with Crippen LogP contribution in [-0.4, -0.2) is 37.1 Å². The molecule has 1 atom stereocenters. The molecule has 0 aromatic heterocycles. The van der Waals surface area contributed by atoms with Gasteiger partial charge in [0.05, 0.1) is 0 Å². The Bertz CT molecular complexity index is 171. The molecule has 1 aliphatic rings. The smallest absolute Gasteiger partial charge is 0.0147 e. The van der Waals surface area contributed by atoms with Crippen LogP contribution in [0.1, 0.15) is 46.5 Å². The molecule has 90 valence electrons. The Morgan fingerprint density at radius 1 is 1.40 bits per heavy atom. The van der Waals surface area contributed by atoms with Gasteiger partial charge in [0.2, 0.25) is 0 Å². The molecule has 0 saturated carbocycles. The summed E-state index contributed by atoms with van der Waals surface area (Å²) in [5.41, 5.74) is 0.363. The third-order valence-electron chi connectivity index (χ3n) is 4.17. The van der Waals surface area contributed by atoms with E-state index in [2.05, 4.69) is 38.0 Å². The van der Waals surface area contributed by atoms with Gasteiger partial charge in [0.1, 0.15) is 0 Å². The molecule has 0 radical (unpaired) electrons. The minimum absolute atomic E-state index is 0.363. The minimum atomic E-state index is 0.363. The molecule has 15 heavy (non-hydrogen) atoms. The molecule has 0 aromatic rings. The van der Waals surface area contributed by atoms with Crippen LogP contribution < -0.4 is 5.32 Å². The van der Waals surface area contributed by atoms with Gasteiger partial charge in [0.15, 0.2) is 0 Å². The van der Waals surface area contributed by atoms with Crippen molar-refractivity contribution in [3.8, 4) is 0 Å². The first-order valence-electron chi connectivity index (χ1n) is 6.48. The van der Waals surface area contributed by atoms with E-state index in [0.29, 0.717) is 5.54 Å². The van der Waals surface area contributed by atoms with Gasteiger partial charge in [-0.1, -0.05) is 6.92 Å². The molecule has 1 fully saturated rings. The maximum absolute atomic E-state index is 3.49. The molecule has 1 saturated heterocycles. The third-order valence-corrected chi connectivity index (χ3v) is 4.17. The van der Waals surface area contributed by atoms with Crippen molar-refractivity contribution < 1.29 is 0 Å². The van der Waals surface area contributed by atoms with Crippen LogP contribution in [0.2, 0.25) is 0 Å². The molecular weight excluding hydrogens is 184 g/mol. The number of nitrogens with one attached hydrogen (secondary N) is 1. The van der Waals surface area contributed by atoms with Crippen LogP contribution in [-0.2, 0) is 0 Å². The van der Waals surface area contributed by atoms with Crippen LogP contribution in [0.15, 0.2) is 0 Å². The average molecular weight is 212 g/mol. The van der Waals surface area contributed by atoms with Gasteiger partial charge in [-0.2, -0.15) is 0 Å². The molecule has 0 bridgehead atoms. The lowest BCUT2D eigenvalue weighted by atomic mass is 9.94. The minimum Gasteiger partial charge on any atom is -0.316 e. The lowest BCUT2D eigenvalue weighted by molar-refractivity contribution is 0.138. The molecular formula is C13H28N2. The zero-order chi connectivity index (χ0) is 11.3. The van der Waals surface area contributed by atoms with Crippen molar-refractivity contribution in [3.05, 3.63) is 0 Å². The fourth-order valence-corrected chi connectivity index (χ4v) is 2.12. The second-order valence-electron chi connectivity index (χ2n) is 5.59. The number of piperidine rings is 1. The van der Waals surface area contributed by atoms with Crippen molar-refractivity contribution in [1.29, 1.82) is 0 Å². The lowest BCUT2D eigenvalue weighted by Gasteiger charge is -2.36. The predicted octanol–water partition coefficient (Wildman–Crippen LogP) is 2.50. The van der Waals surface area contributed by atoms with E-state index in [-0.39, 0.29) is 0 Å². The quantitative estimate of drug-likeness (QED) is 0.753. The maximum atomic E-state index is 3.49. The molecule has 1 N–H and O–H groups in total. The van der Waals surface area contributed by atoms with Crippen molar-refractivity contribution in [2.24, 2.45) is 5.92 Å². The second-order valence-corrected chi connectivity index (χ2v) is 5.59.